The molecule has 5 rings (SSSR count). The van der Waals surface area contributed by atoms with E-state index in [1.54, 1.807) is 0 Å². The topological polar surface area (TPSA) is 33.1 Å². The van der Waals surface area contributed by atoms with E-state index < -0.39 is 0 Å². The van der Waals surface area contributed by atoms with Gasteiger partial charge in [-0.15, -0.1) is 0 Å². The van der Waals surface area contributed by atoms with E-state index in [4.69, 9.17) is 12.2 Å². The molecule has 1 aliphatic rings. The fraction of sp³-hybridized carbons (Fsp3) is 0.120. The normalized spacial score (nSPS) is 18.4. The van der Waals surface area contributed by atoms with Gasteiger partial charge in [-0.3, -0.25) is 4.98 Å². The lowest BCUT2D eigenvalue weighted by Gasteiger charge is -2.29. The highest BCUT2D eigenvalue weighted by atomic mass is 32.1. The molecule has 0 aliphatic carbocycles. The van der Waals surface area contributed by atoms with Gasteiger partial charge in [0.2, 0.25) is 0 Å². The van der Waals surface area contributed by atoms with Crippen LogP contribution in [0.15, 0.2) is 97.3 Å². The van der Waals surface area contributed by atoms with Crippen LogP contribution in [0.2, 0.25) is 0 Å². The maximum Gasteiger partial charge on any atom is 0.174 e. The Bertz CT molecular complexity index is 1170. The predicted octanol–water partition coefficient (Wildman–Crippen LogP) is 5.36. The summed E-state index contributed by atoms with van der Waals surface area (Å²) >= 11 is 5.81. The molecule has 2 aromatic heterocycles. The molecule has 0 saturated carbocycles. The SMILES string of the molecule is Cc1ccccc1-n1cccc1[C@@H]1[C@@H](c2ccccn2)NC(=S)N1c1ccccc1. The number of benzene rings is 2. The summed E-state index contributed by atoms with van der Waals surface area (Å²) in [6.07, 6.45) is 3.96. The van der Waals surface area contributed by atoms with Gasteiger partial charge in [-0.2, -0.15) is 0 Å². The van der Waals surface area contributed by atoms with E-state index in [0.29, 0.717) is 5.11 Å². The van der Waals surface area contributed by atoms with E-state index in [0.717, 1.165) is 17.1 Å². The molecule has 0 spiro atoms. The van der Waals surface area contributed by atoms with E-state index in [-0.39, 0.29) is 12.1 Å². The number of hydrogen-bond acceptors (Lipinski definition) is 2. The van der Waals surface area contributed by atoms with Crippen molar-refractivity contribution in [1.82, 2.24) is 14.9 Å². The van der Waals surface area contributed by atoms with Crippen LogP contribution in [0, 0.1) is 6.92 Å². The summed E-state index contributed by atoms with van der Waals surface area (Å²) in [5.41, 5.74) is 5.60. The molecular weight excluding hydrogens is 388 g/mol. The molecule has 148 valence electrons. The highest BCUT2D eigenvalue weighted by Gasteiger charge is 2.42. The number of thiocarbonyl (C=S) groups is 1. The monoisotopic (exact) mass is 410 g/mol. The van der Waals surface area contributed by atoms with Crippen molar-refractivity contribution in [2.75, 3.05) is 4.90 Å². The molecule has 0 unspecified atom stereocenters. The van der Waals surface area contributed by atoms with Gasteiger partial charge in [0, 0.05) is 29.5 Å². The van der Waals surface area contributed by atoms with Crippen molar-refractivity contribution in [1.29, 1.82) is 0 Å². The van der Waals surface area contributed by atoms with Crippen molar-refractivity contribution in [3.63, 3.8) is 0 Å². The lowest BCUT2D eigenvalue weighted by Crippen LogP contribution is -2.30. The minimum absolute atomic E-state index is 0.0376. The quantitative estimate of drug-likeness (QED) is 0.459. The van der Waals surface area contributed by atoms with Crippen LogP contribution in [0.25, 0.3) is 5.69 Å². The van der Waals surface area contributed by atoms with Crippen LogP contribution >= 0.6 is 12.2 Å². The average molecular weight is 411 g/mol. The molecule has 4 nitrogen and oxygen atoms in total. The third-order valence-corrected chi connectivity index (χ3v) is 5.91. The zero-order valence-electron chi connectivity index (χ0n) is 16.6. The molecule has 30 heavy (non-hydrogen) atoms. The minimum atomic E-state index is -0.0587. The van der Waals surface area contributed by atoms with Crippen molar-refractivity contribution in [3.05, 3.63) is 114 Å². The minimum Gasteiger partial charge on any atom is -0.351 e. The number of anilines is 1. The largest absolute Gasteiger partial charge is 0.351 e. The van der Waals surface area contributed by atoms with Gasteiger partial charge >= 0.3 is 0 Å². The van der Waals surface area contributed by atoms with Gasteiger partial charge in [0.15, 0.2) is 5.11 Å². The molecular formula is C25H22N4S. The Morgan fingerprint density at radius 1 is 0.867 bits per heavy atom. The average Bonchev–Trinajstić information content (AvgIpc) is 3.39. The second kappa shape index (κ2) is 7.76. The van der Waals surface area contributed by atoms with Gasteiger partial charge in [-0.05, 0) is 67.2 Å². The van der Waals surface area contributed by atoms with Crippen molar-refractivity contribution in [2.24, 2.45) is 0 Å². The molecule has 1 fully saturated rings. The van der Waals surface area contributed by atoms with Gasteiger partial charge in [0.1, 0.15) is 6.04 Å². The van der Waals surface area contributed by atoms with Crippen LogP contribution in [0.3, 0.4) is 0 Å². The van der Waals surface area contributed by atoms with Gasteiger partial charge in [0.05, 0.1) is 11.7 Å². The second-order valence-corrected chi connectivity index (χ2v) is 7.81. The summed E-state index contributed by atoms with van der Waals surface area (Å²) in [7, 11) is 0. The highest BCUT2D eigenvalue weighted by molar-refractivity contribution is 7.80. The molecule has 1 N–H and O–H groups in total. The Labute approximate surface area is 181 Å². The third-order valence-electron chi connectivity index (χ3n) is 5.59. The van der Waals surface area contributed by atoms with Crippen molar-refractivity contribution >= 4 is 23.0 Å². The summed E-state index contributed by atoms with van der Waals surface area (Å²) in [5, 5.41) is 4.24. The summed E-state index contributed by atoms with van der Waals surface area (Å²) in [6.45, 7) is 2.14. The molecule has 1 aliphatic heterocycles. The summed E-state index contributed by atoms with van der Waals surface area (Å²) < 4.78 is 2.27. The first-order valence-electron chi connectivity index (χ1n) is 10.0. The van der Waals surface area contributed by atoms with Crippen molar-refractivity contribution in [3.8, 4) is 5.69 Å². The predicted molar refractivity (Wildman–Crippen MR) is 125 cm³/mol. The number of hydrogen-bond donors (Lipinski definition) is 1. The lowest BCUT2D eigenvalue weighted by molar-refractivity contribution is 0.549. The molecule has 3 heterocycles. The van der Waals surface area contributed by atoms with Crippen molar-refractivity contribution < 1.29 is 0 Å². The van der Waals surface area contributed by atoms with Crippen LogP contribution in [0.5, 0.6) is 0 Å². The van der Waals surface area contributed by atoms with Gasteiger partial charge < -0.3 is 14.8 Å². The number of aromatic nitrogens is 2. The number of rotatable bonds is 4. The highest BCUT2D eigenvalue weighted by Crippen LogP contribution is 2.42. The Kier molecular flexibility index (Phi) is 4.81. The fourth-order valence-electron chi connectivity index (χ4n) is 4.21. The molecule has 2 aromatic carbocycles. The lowest BCUT2D eigenvalue weighted by atomic mass is 10.0. The summed E-state index contributed by atoms with van der Waals surface area (Å²) in [4.78, 5) is 6.85. The van der Waals surface area contributed by atoms with E-state index in [1.165, 1.54) is 11.3 Å². The molecule has 0 amide bonds. The standard InChI is InChI=1S/C25H22N4S/c1-18-10-5-6-14-21(18)28-17-9-15-22(28)24-23(20-13-7-8-16-26-20)27-25(30)29(24)19-11-3-2-4-12-19/h2-17,23-24H,1H3,(H,27,30)/t23-,24-/m1/s1. The number of nitrogens with zero attached hydrogens (tertiary/aromatic N) is 3. The summed E-state index contributed by atoms with van der Waals surface area (Å²) in [5.74, 6) is 0. The molecule has 5 heteroatoms. The smallest absolute Gasteiger partial charge is 0.174 e. The fourth-order valence-corrected chi connectivity index (χ4v) is 4.56. The van der Waals surface area contributed by atoms with Crippen molar-refractivity contribution in [2.45, 2.75) is 19.0 Å². The van der Waals surface area contributed by atoms with Crippen LogP contribution in [0.1, 0.15) is 29.0 Å². The Morgan fingerprint density at radius 2 is 1.63 bits per heavy atom. The zero-order valence-corrected chi connectivity index (χ0v) is 17.5. The number of para-hydroxylation sites is 2. The van der Waals surface area contributed by atoms with Crippen LogP contribution in [0.4, 0.5) is 5.69 Å². The third kappa shape index (κ3) is 3.17. The zero-order chi connectivity index (χ0) is 20.5. The Balaban J connectivity index is 1.69. The first-order chi connectivity index (χ1) is 14.7. The van der Waals surface area contributed by atoms with Gasteiger partial charge in [0.25, 0.3) is 0 Å². The van der Waals surface area contributed by atoms with Crippen LogP contribution in [-0.4, -0.2) is 14.7 Å². The number of pyridine rings is 1. The van der Waals surface area contributed by atoms with Crippen LogP contribution < -0.4 is 10.2 Å². The molecule has 2 atom stereocenters. The number of aryl methyl sites for hydroxylation is 1. The molecule has 0 radical (unpaired) electrons. The Hall–Kier alpha value is -3.44. The first-order valence-corrected chi connectivity index (χ1v) is 10.4. The maximum atomic E-state index is 5.81. The van der Waals surface area contributed by atoms with Gasteiger partial charge in [-0.1, -0.05) is 42.5 Å². The van der Waals surface area contributed by atoms with E-state index >= 15 is 0 Å². The van der Waals surface area contributed by atoms with Crippen LogP contribution in [-0.2, 0) is 0 Å². The molecule has 1 saturated heterocycles. The van der Waals surface area contributed by atoms with E-state index in [9.17, 15) is 0 Å². The summed E-state index contributed by atoms with van der Waals surface area (Å²) in [6, 6.07) is 29.0. The molecule has 4 aromatic rings. The van der Waals surface area contributed by atoms with Gasteiger partial charge in [-0.25, -0.2) is 0 Å². The second-order valence-electron chi connectivity index (χ2n) is 7.42. The number of nitrogens with one attached hydrogen (secondary N) is 1. The maximum absolute atomic E-state index is 5.81. The van der Waals surface area contributed by atoms with E-state index in [1.807, 2.05) is 36.5 Å². The first kappa shape index (κ1) is 18.6. The Morgan fingerprint density at radius 3 is 2.40 bits per heavy atom. The van der Waals surface area contributed by atoms with E-state index in [2.05, 4.69) is 87.5 Å². The molecule has 0 bridgehead atoms.